The molecular weight excluding hydrogens is 180 g/mol. The molecule has 3 nitrogen and oxygen atoms in total. The van der Waals surface area contributed by atoms with Crippen LogP contribution >= 0.6 is 0 Å². The molecule has 1 saturated heterocycles. The van der Waals surface area contributed by atoms with Gasteiger partial charge in [-0.3, -0.25) is 4.79 Å². The maximum Gasteiger partial charge on any atom is 0.303 e. The summed E-state index contributed by atoms with van der Waals surface area (Å²) in [6, 6.07) is 9.66. The molecule has 2 rings (SSSR count). The zero-order valence-electron chi connectivity index (χ0n) is 7.97. The second-order valence-electron chi connectivity index (χ2n) is 3.31. The maximum absolute atomic E-state index is 10.9. The summed E-state index contributed by atoms with van der Waals surface area (Å²) in [5, 5.41) is 0. The Morgan fingerprint density at radius 1 is 1.50 bits per heavy atom. The molecule has 14 heavy (non-hydrogen) atoms. The highest BCUT2D eigenvalue weighted by atomic mass is 16.6. The maximum atomic E-state index is 10.9. The quantitative estimate of drug-likeness (QED) is 0.540. The van der Waals surface area contributed by atoms with Crippen molar-refractivity contribution in [3.63, 3.8) is 0 Å². The van der Waals surface area contributed by atoms with Gasteiger partial charge in [0.05, 0.1) is 6.61 Å². The van der Waals surface area contributed by atoms with Crippen molar-refractivity contribution < 1.29 is 14.3 Å². The molecule has 1 aliphatic heterocycles. The SMILES string of the molecule is CC(=O)O[C@@H](c1ccccc1)[C@H]1CO1. The second-order valence-corrected chi connectivity index (χ2v) is 3.31. The number of carbonyl (C=O) groups is 1. The second kappa shape index (κ2) is 3.80. The van der Waals surface area contributed by atoms with E-state index in [0.29, 0.717) is 6.61 Å². The average Bonchev–Trinajstić information content (AvgIpc) is 2.99. The minimum absolute atomic E-state index is 0.0429. The Morgan fingerprint density at radius 3 is 2.64 bits per heavy atom. The highest BCUT2D eigenvalue weighted by Gasteiger charge is 2.36. The number of hydrogen-bond donors (Lipinski definition) is 0. The zero-order valence-corrected chi connectivity index (χ0v) is 7.97. The number of carbonyl (C=O) groups excluding carboxylic acids is 1. The molecule has 2 atom stereocenters. The fraction of sp³-hybridized carbons (Fsp3) is 0.364. The van der Waals surface area contributed by atoms with Gasteiger partial charge in [0.15, 0.2) is 6.10 Å². The number of hydrogen-bond acceptors (Lipinski definition) is 3. The summed E-state index contributed by atoms with van der Waals surface area (Å²) in [5.74, 6) is -0.269. The van der Waals surface area contributed by atoms with Crippen molar-refractivity contribution in [3.8, 4) is 0 Å². The van der Waals surface area contributed by atoms with Crippen molar-refractivity contribution in [1.82, 2.24) is 0 Å². The fourth-order valence-electron chi connectivity index (χ4n) is 1.41. The van der Waals surface area contributed by atoms with E-state index in [2.05, 4.69) is 0 Å². The summed E-state index contributed by atoms with van der Waals surface area (Å²) in [7, 11) is 0. The van der Waals surface area contributed by atoms with E-state index in [0.717, 1.165) is 5.56 Å². The van der Waals surface area contributed by atoms with Gasteiger partial charge in [0.25, 0.3) is 0 Å². The average molecular weight is 192 g/mol. The number of epoxide rings is 1. The summed E-state index contributed by atoms with van der Waals surface area (Å²) < 4.78 is 10.3. The molecule has 1 aliphatic rings. The molecule has 0 spiro atoms. The predicted molar refractivity (Wildman–Crippen MR) is 50.7 cm³/mol. The molecule has 74 valence electrons. The standard InChI is InChI=1S/C11H12O3/c1-8(12)14-11(10-7-13-10)9-5-3-2-4-6-9/h2-6,10-11H,7H2,1H3/t10-,11+/m1/s1. The summed E-state index contributed by atoms with van der Waals surface area (Å²) in [5.41, 5.74) is 0.991. The Kier molecular flexibility index (Phi) is 2.50. The van der Waals surface area contributed by atoms with Gasteiger partial charge in [-0.15, -0.1) is 0 Å². The van der Waals surface area contributed by atoms with Gasteiger partial charge < -0.3 is 9.47 Å². The summed E-state index contributed by atoms with van der Waals surface area (Å²) in [6.45, 7) is 2.09. The van der Waals surface area contributed by atoms with Crippen LogP contribution in [0.2, 0.25) is 0 Å². The molecule has 1 fully saturated rings. The van der Waals surface area contributed by atoms with Crippen LogP contribution in [0, 0.1) is 0 Å². The van der Waals surface area contributed by atoms with Gasteiger partial charge in [-0.25, -0.2) is 0 Å². The first kappa shape index (κ1) is 9.21. The van der Waals surface area contributed by atoms with Crippen LogP contribution in [0.3, 0.4) is 0 Å². The first-order valence-corrected chi connectivity index (χ1v) is 4.61. The van der Waals surface area contributed by atoms with E-state index in [9.17, 15) is 4.79 Å². The fourth-order valence-corrected chi connectivity index (χ4v) is 1.41. The van der Waals surface area contributed by atoms with Crippen LogP contribution in [0.25, 0.3) is 0 Å². The Bertz CT molecular complexity index is 317. The van der Waals surface area contributed by atoms with Crippen LogP contribution < -0.4 is 0 Å². The minimum Gasteiger partial charge on any atom is -0.455 e. The molecule has 0 N–H and O–H groups in total. The Labute approximate surface area is 82.6 Å². The third-order valence-electron chi connectivity index (χ3n) is 2.12. The summed E-state index contributed by atoms with van der Waals surface area (Å²) in [4.78, 5) is 10.9. The topological polar surface area (TPSA) is 38.8 Å². The van der Waals surface area contributed by atoms with Crippen LogP contribution in [-0.4, -0.2) is 18.7 Å². The molecule has 3 heteroatoms. The lowest BCUT2D eigenvalue weighted by molar-refractivity contribution is -0.147. The number of ether oxygens (including phenoxy) is 2. The third-order valence-corrected chi connectivity index (χ3v) is 2.12. The largest absolute Gasteiger partial charge is 0.455 e. The molecule has 0 radical (unpaired) electrons. The number of benzene rings is 1. The highest BCUT2D eigenvalue weighted by Crippen LogP contribution is 2.30. The number of rotatable bonds is 3. The van der Waals surface area contributed by atoms with Gasteiger partial charge in [0, 0.05) is 6.92 Å². The van der Waals surface area contributed by atoms with E-state index in [1.165, 1.54) is 6.92 Å². The van der Waals surface area contributed by atoms with Crippen LogP contribution in [0.1, 0.15) is 18.6 Å². The third kappa shape index (κ3) is 2.12. The van der Waals surface area contributed by atoms with E-state index < -0.39 is 0 Å². The smallest absolute Gasteiger partial charge is 0.303 e. The molecule has 0 unspecified atom stereocenters. The van der Waals surface area contributed by atoms with Gasteiger partial charge in [-0.2, -0.15) is 0 Å². The van der Waals surface area contributed by atoms with Gasteiger partial charge in [-0.1, -0.05) is 30.3 Å². The van der Waals surface area contributed by atoms with Crippen molar-refractivity contribution >= 4 is 5.97 Å². The predicted octanol–water partition coefficient (Wildman–Crippen LogP) is 1.69. The highest BCUT2D eigenvalue weighted by molar-refractivity contribution is 5.66. The van der Waals surface area contributed by atoms with Gasteiger partial charge in [0.2, 0.25) is 0 Å². The summed E-state index contributed by atoms with van der Waals surface area (Å²) >= 11 is 0. The molecule has 0 saturated carbocycles. The lowest BCUT2D eigenvalue weighted by Crippen LogP contribution is -2.13. The Balaban J connectivity index is 2.14. The normalized spacial score (nSPS) is 21.4. The van der Waals surface area contributed by atoms with Crippen molar-refractivity contribution in [2.75, 3.05) is 6.61 Å². The van der Waals surface area contributed by atoms with E-state index in [1.54, 1.807) is 0 Å². The lowest BCUT2D eigenvalue weighted by Gasteiger charge is -2.14. The molecule has 0 aromatic heterocycles. The molecule has 0 aliphatic carbocycles. The molecule has 0 bridgehead atoms. The van der Waals surface area contributed by atoms with Gasteiger partial charge in [0.1, 0.15) is 6.10 Å². The van der Waals surface area contributed by atoms with E-state index in [-0.39, 0.29) is 18.2 Å². The molecular formula is C11H12O3. The molecule has 0 amide bonds. The van der Waals surface area contributed by atoms with Crippen molar-refractivity contribution in [2.45, 2.75) is 19.1 Å². The molecule has 1 aromatic rings. The van der Waals surface area contributed by atoms with Crippen molar-refractivity contribution in [1.29, 1.82) is 0 Å². The zero-order chi connectivity index (χ0) is 9.97. The lowest BCUT2D eigenvalue weighted by atomic mass is 10.1. The first-order valence-electron chi connectivity index (χ1n) is 4.61. The van der Waals surface area contributed by atoms with Crippen LogP contribution in [0.5, 0.6) is 0 Å². The van der Waals surface area contributed by atoms with Crippen LogP contribution in [0.4, 0.5) is 0 Å². The van der Waals surface area contributed by atoms with E-state index in [1.807, 2.05) is 30.3 Å². The van der Waals surface area contributed by atoms with Gasteiger partial charge in [-0.05, 0) is 5.56 Å². The minimum atomic E-state index is -0.269. The van der Waals surface area contributed by atoms with E-state index >= 15 is 0 Å². The molecule has 1 heterocycles. The van der Waals surface area contributed by atoms with Crippen molar-refractivity contribution in [3.05, 3.63) is 35.9 Å². The van der Waals surface area contributed by atoms with Crippen molar-refractivity contribution in [2.24, 2.45) is 0 Å². The van der Waals surface area contributed by atoms with Crippen LogP contribution in [-0.2, 0) is 14.3 Å². The molecule has 1 aromatic carbocycles. The number of esters is 1. The first-order chi connectivity index (χ1) is 6.77. The van der Waals surface area contributed by atoms with E-state index in [4.69, 9.17) is 9.47 Å². The van der Waals surface area contributed by atoms with Gasteiger partial charge >= 0.3 is 5.97 Å². The Hall–Kier alpha value is -1.35. The summed E-state index contributed by atoms with van der Waals surface area (Å²) in [6.07, 6.45) is -0.199. The monoisotopic (exact) mass is 192 g/mol. The van der Waals surface area contributed by atoms with Crippen LogP contribution in [0.15, 0.2) is 30.3 Å². The Morgan fingerprint density at radius 2 is 2.14 bits per heavy atom.